The standard InChI is InChI=1S/C19H27N/c1-5-9-18-12-13-19(15(2)3)20(16(18)4)14-17-10-7-6-8-11-17/h5-8,10-13,15-16,18-19H,1,9,14H2,2-4H3/t16-,18+,19-/m1/s1. The fourth-order valence-electron chi connectivity index (χ4n) is 3.16. The molecule has 0 aromatic heterocycles. The van der Waals surface area contributed by atoms with Crippen LogP contribution in [0.5, 0.6) is 0 Å². The predicted molar refractivity (Wildman–Crippen MR) is 87.5 cm³/mol. The highest BCUT2D eigenvalue weighted by Gasteiger charge is 2.31. The van der Waals surface area contributed by atoms with Gasteiger partial charge in [0.2, 0.25) is 0 Å². The Bertz CT molecular complexity index is 446. The third-order valence-electron chi connectivity index (χ3n) is 4.41. The molecule has 0 N–H and O–H groups in total. The lowest BCUT2D eigenvalue weighted by atomic mass is 9.86. The highest BCUT2D eigenvalue weighted by Crippen LogP contribution is 2.30. The minimum absolute atomic E-state index is 0.534. The van der Waals surface area contributed by atoms with Crippen molar-refractivity contribution in [3.05, 3.63) is 60.7 Å². The second-order valence-electron chi connectivity index (χ2n) is 6.21. The number of allylic oxidation sites excluding steroid dienone is 1. The van der Waals surface area contributed by atoms with Gasteiger partial charge in [-0.05, 0) is 30.7 Å². The third-order valence-corrected chi connectivity index (χ3v) is 4.41. The van der Waals surface area contributed by atoms with Gasteiger partial charge in [0.05, 0.1) is 0 Å². The molecular formula is C19H27N. The molecule has 0 spiro atoms. The number of benzene rings is 1. The Morgan fingerprint density at radius 2 is 1.90 bits per heavy atom. The van der Waals surface area contributed by atoms with Gasteiger partial charge in [-0.2, -0.15) is 0 Å². The Morgan fingerprint density at radius 3 is 2.50 bits per heavy atom. The lowest BCUT2D eigenvalue weighted by molar-refractivity contribution is 0.0932. The molecule has 1 nitrogen and oxygen atoms in total. The van der Waals surface area contributed by atoms with E-state index in [1.807, 2.05) is 6.08 Å². The van der Waals surface area contributed by atoms with Crippen LogP contribution in [0.25, 0.3) is 0 Å². The summed E-state index contributed by atoms with van der Waals surface area (Å²) >= 11 is 0. The van der Waals surface area contributed by atoms with Crippen molar-refractivity contribution >= 4 is 0 Å². The lowest BCUT2D eigenvalue weighted by Crippen LogP contribution is -2.48. The molecule has 0 unspecified atom stereocenters. The summed E-state index contributed by atoms with van der Waals surface area (Å²) < 4.78 is 0. The molecule has 0 bridgehead atoms. The van der Waals surface area contributed by atoms with Gasteiger partial charge >= 0.3 is 0 Å². The summed E-state index contributed by atoms with van der Waals surface area (Å²) in [5.74, 6) is 1.23. The van der Waals surface area contributed by atoms with E-state index in [1.165, 1.54) is 5.56 Å². The largest absolute Gasteiger partial charge is 0.289 e. The molecule has 3 atom stereocenters. The van der Waals surface area contributed by atoms with Gasteiger partial charge < -0.3 is 0 Å². The van der Waals surface area contributed by atoms with Gasteiger partial charge in [0.15, 0.2) is 0 Å². The van der Waals surface area contributed by atoms with Crippen molar-refractivity contribution in [2.24, 2.45) is 11.8 Å². The molecule has 0 fully saturated rings. The van der Waals surface area contributed by atoms with E-state index < -0.39 is 0 Å². The summed E-state index contributed by atoms with van der Waals surface area (Å²) in [6.07, 6.45) is 7.91. The van der Waals surface area contributed by atoms with Crippen LogP contribution in [-0.2, 0) is 6.54 Å². The van der Waals surface area contributed by atoms with E-state index in [9.17, 15) is 0 Å². The molecule has 0 saturated carbocycles. The summed E-state index contributed by atoms with van der Waals surface area (Å²) in [6, 6.07) is 11.9. The van der Waals surface area contributed by atoms with Crippen molar-refractivity contribution in [2.45, 2.75) is 45.8 Å². The number of nitrogens with zero attached hydrogens (tertiary/aromatic N) is 1. The predicted octanol–water partition coefficient (Wildman–Crippen LogP) is 4.66. The Hall–Kier alpha value is -1.34. The molecular weight excluding hydrogens is 242 g/mol. The molecule has 0 radical (unpaired) electrons. The molecule has 1 aromatic rings. The van der Waals surface area contributed by atoms with Crippen molar-refractivity contribution in [1.82, 2.24) is 4.90 Å². The van der Waals surface area contributed by atoms with Gasteiger partial charge in [-0.1, -0.05) is 62.4 Å². The van der Waals surface area contributed by atoms with E-state index in [0.29, 0.717) is 23.9 Å². The monoisotopic (exact) mass is 269 g/mol. The molecule has 1 aliphatic rings. The van der Waals surface area contributed by atoms with Crippen molar-refractivity contribution < 1.29 is 0 Å². The molecule has 1 heteroatoms. The first kappa shape index (κ1) is 15.1. The zero-order chi connectivity index (χ0) is 14.5. The van der Waals surface area contributed by atoms with Crippen LogP contribution < -0.4 is 0 Å². The zero-order valence-electron chi connectivity index (χ0n) is 13.0. The van der Waals surface area contributed by atoms with Gasteiger partial charge in [-0.25, -0.2) is 0 Å². The van der Waals surface area contributed by atoms with E-state index >= 15 is 0 Å². The van der Waals surface area contributed by atoms with Gasteiger partial charge in [0.1, 0.15) is 0 Å². The van der Waals surface area contributed by atoms with Crippen LogP contribution in [0.4, 0.5) is 0 Å². The lowest BCUT2D eigenvalue weighted by Gasteiger charge is -2.43. The fraction of sp³-hybridized carbons (Fsp3) is 0.474. The summed E-state index contributed by atoms with van der Waals surface area (Å²) in [4.78, 5) is 2.65. The quantitative estimate of drug-likeness (QED) is 0.702. The van der Waals surface area contributed by atoms with E-state index in [-0.39, 0.29) is 0 Å². The second-order valence-corrected chi connectivity index (χ2v) is 6.21. The van der Waals surface area contributed by atoms with Crippen LogP contribution in [0.2, 0.25) is 0 Å². The number of hydrogen-bond acceptors (Lipinski definition) is 1. The average molecular weight is 269 g/mol. The maximum atomic E-state index is 3.90. The molecule has 2 rings (SSSR count). The highest BCUT2D eigenvalue weighted by atomic mass is 15.2. The highest BCUT2D eigenvalue weighted by molar-refractivity contribution is 5.17. The first-order valence-corrected chi connectivity index (χ1v) is 7.72. The van der Waals surface area contributed by atoms with E-state index in [0.717, 1.165) is 13.0 Å². The van der Waals surface area contributed by atoms with Crippen LogP contribution in [0.15, 0.2) is 55.1 Å². The topological polar surface area (TPSA) is 3.24 Å². The Balaban J connectivity index is 2.20. The second kappa shape index (κ2) is 6.90. The summed E-state index contributed by atoms with van der Waals surface area (Å²) in [7, 11) is 0. The Kier molecular flexibility index (Phi) is 5.19. The maximum Gasteiger partial charge on any atom is 0.0307 e. The van der Waals surface area contributed by atoms with E-state index in [4.69, 9.17) is 0 Å². The molecule has 108 valence electrons. The third kappa shape index (κ3) is 3.40. The van der Waals surface area contributed by atoms with Crippen molar-refractivity contribution in [3.8, 4) is 0 Å². The normalized spacial score (nSPS) is 26.9. The minimum Gasteiger partial charge on any atom is -0.289 e. The van der Waals surface area contributed by atoms with Gasteiger partial charge in [-0.15, -0.1) is 6.58 Å². The first-order valence-electron chi connectivity index (χ1n) is 7.72. The van der Waals surface area contributed by atoms with Crippen molar-refractivity contribution in [3.63, 3.8) is 0 Å². The zero-order valence-corrected chi connectivity index (χ0v) is 13.0. The molecule has 0 amide bonds. The SMILES string of the molecule is C=CC[C@H]1C=C[C@H](C(C)C)N(Cc2ccccc2)[C@@H]1C. The van der Waals surface area contributed by atoms with Crippen molar-refractivity contribution in [2.75, 3.05) is 0 Å². The van der Waals surface area contributed by atoms with Crippen LogP contribution in [0, 0.1) is 11.8 Å². The average Bonchev–Trinajstić information content (AvgIpc) is 2.44. The Morgan fingerprint density at radius 1 is 1.20 bits per heavy atom. The van der Waals surface area contributed by atoms with Crippen molar-refractivity contribution in [1.29, 1.82) is 0 Å². The molecule has 0 aliphatic carbocycles. The molecule has 1 aromatic carbocycles. The number of rotatable bonds is 5. The van der Waals surface area contributed by atoms with Gasteiger partial charge in [0, 0.05) is 18.6 Å². The summed E-state index contributed by atoms with van der Waals surface area (Å²) in [5.41, 5.74) is 1.40. The smallest absolute Gasteiger partial charge is 0.0307 e. The Labute approximate surface area is 124 Å². The fourth-order valence-corrected chi connectivity index (χ4v) is 3.16. The van der Waals surface area contributed by atoms with Crippen LogP contribution in [0.3, 0.4) is 0 Å². The van der Waals surface area contributed by atoms with E-state index in [2.05, 4.69) is 74.7 Å². The number of hydrogen-bond donors (Lipinski definition) is 0. The first-order chi connectivity index (χ1) is 9.63. The molecule has 1 aliphatic heterocycles. The van der Waals surface area contributed by atoms with Crippen LogP contribution in [0.1, 0.15) is 32.8 Å². The maximum absolute atomic E-state index is 3.90. The van der Waals surface area contributed by atoms with E-state index in [1.54, 1.807) is 0 Å². The summed E-state index contributed by atoms with van der Waals surface area (Å²) in [5, 5.41) is 0. The molecule has 1 heterocycles. The van der Waals surface area contributed by atoms with Gasteiger partial charge in [0.25, 0.3) is 0 Å². The molecule has 20 heavy (non-hydrogen) atoms. The molecule has 0 saturated heterocycles. The summed E-state index contributed by atoms with van der Waals surface area (Å²) in [6.45, 7) is 11.9. The minimum atomic E-state index is 0.534. The van der Waals surface area contributed by atoms with Crippen LogP contribution >= 0.6 is 0 Å². The van der Waals surface area contributed by atoms with Gasteiger partial charge in [-0.3, -0.25) is 4.90 Å². The van der Waals surface area contributed by atoms with Crippen LogP contribution in [-0.4, -0.2) is 17.0 Å².